The van der Waals surface area contributed by atoms with Gasteiger partial charge >= 0.3 is 0 Å². The molecule has 0 saturated heterocycles. The van der Waals surface area contributed by atoms with Crippen LogP contribution in [0.5, 0.6) is 0 Å². The molecule has 0 aromatic heterocycles. The Morgan fingerprint density at radius 2 is 1.81 bits per heavy atom. The summed E-state index contributed by atoms with van der Waals surface area (Å²) in [7, 11) is -3.10. The summed E-state index contributed by atoms with van der Waals surface area (Å²) in [4.78, 5) is 0. The molecule has 0 aromatic rings. The van der Waals surface area contributed by atoms with Crippen molar-refractivity contribution in [2.45, 2.75) is 50.7 Å². The van der Waals surface area contributed by atoms with E-state index >= 15 is 0 Å². The predicted octanol–water partition coefficient (Wildman–Crippen LogP) is 1.32. The monoisotopic (exact) mass is 248 g/mol. The fourth-order valence-electron chi connectivity index (χ4n) is 2.33. The van der Waals surface area contributed by atoms with E-state index in [2.05, 4.69) is 0 Å². The smallest absolute Gasteiger partial charge is 0.217 e. The first-order chi connectivity index (χ1) is 7.62. The van der Waals surface area contributed by atoms with Crippen LogP contribution in [0.2, 0.25) is 0 Å². The predicted molar refractivity (Wildman–Crippen MR) is 66.7 cm³/mol. The molecule has 0 spiro atoms. The Labute approximate surface area is 99.2 Å². The van der Waals surface area contributed by atoms with Crippen molar-refractivity contribution in [3.63, 3.8) is 0 Å². The second kappa shape index (κ2) is 6.57. The average molecular weight is 248 g/mol. The highest BCUT2D eigenvalue weighted by molar-refractivity contribution is 7.89. The number of rotatable bonds is 6. The molecule has 0 amide bonds. The SMILES string of the molecule is CCCN(CCN)S(=O)(=O)C1CCCCC1. The van der Waals surface area contributed by atoms with E-state index in [-0.39, 0.29) is 5.25 Å². The second-order valence-electron chi connectivity index (χ2n) is 4.49. The molecule has 1 fully saturated rings. The van der Waals surface area contributed by atoms with Crippen molar-refractivity contribution < 1.29 is 8.42 Å². The van der Waals surface area contributed by atoms with Gasteiger partial charge in [-0.1, -0.05) is 26.2 Å². The van der Waals surface area contributed by atoms with Gasteiger partial charge in [0.2, 0.25) is 10.0 Å². The summed E-state index contributed by atoms with van der Waals surface area (Å²) in [5.74, 6) is 0. The summed E-state index contributed by atoms with van der Waals surface area (Å²) >= 11 is 0. The van der Waals surface area contributed by atoms with E-state index in [1.54, 1.807) is 4.31 Å². The molecule has 1 aliphatic rings. The summed E-state index contributed by atoms with van der Waals surface area (Å²) in [5.41, 5.74) is 5.48. The number of sulfonamides is 1. The number of nitrogens with two attached hydrogens (primary N) is 1. The van der Waals surface area contributed by atoms with Gasteiger partial charge in [-0.2, -0.15) is 0 Å². The number of nitrogens with zero attached hydrogens (tertiary/aromatic N) is 1. The minimum Gasteiger partial charge on any atom is -0.329 e. The maximum Gasteiger partial charge on any atom is 0.217 e. The largest absolute Gasteiger partial charge is 0.329 e. The van der Waals surface area contributed by atoms with E-state index in [1.807, 2.05) is 6.92 Å². The average Bonchev–Trinajstić information content (AvgIpc) is 2.30. The van der Waals surface area contributed by atoms with Crippen LogP contribution in [0.4, 0.5) is 0 Å². The molecule has 4 nitrogen and oxygen atoms in total. The van der Waals surface area contributed by atoms with Crippen LogP contribution in [0, 0.1) is 0 Å². The standard InChI is InChI=1S/C11H24N2O2S/c1-2-9-13(10-8-12)16(14,15)11-6-4-3-5-7-11/h11H,2-10,12H2,1H3. The first-order valence-electron chi connectivity index (χ1n) is 6.32. The molecular weight excluding hydrogens is 224 g/mol. The molecular formula is C11H24N2O2S. The third kappa shape index (κ3) is 3.43. The van der Waals surface area contributed by atoms with Gasteiger partial charge in [-0.25, -0.2) is 12.7 Å². The number of hydrogen-bond acceptors (Lipinski definition) is 3. The van der Waals surface area contributed by atoms with Crippen molar-refractivity contribution in [3.8, 4) is 0 Å². The lowest BCUT2D eigenvalue weighted by molar-refractivity contribution is 0.391. The van der Waals surface area contributed by atoms with Crippen molar-refractivity contribution in [2.24, 2.45) is 5.73 Å². The first-order valence-corrected chi connectivity index (χ1v) is 7.82. The molecule has 1 saturated carbocycles. The molecule has 0 aromatic carbocycles. The molecule has 16 heavy (non-hydrogen) atoms. The Hall–Kier alpha value is -0.130. The highest BCUT2D eigenvalue weighted by Crippen LogP contribution is 2.25. The Bertz CT molecular complexity index is 278. The molecule has 0 atom stereocenters. The third-order valence-corrected chi connectivity index (χ3v) is 5.58. The van der Waals surface area contributed by atoms with Crippen LogP contribution in [-0.4, -0.2) is 37.6 Å². The normalized spacial score (nSPS) is 19.2. The molecule has 0 heterocycles. The van der Waals surface area contributed by atoms with Crippen LogP contribution in [0.25, 0.3) is 0 Å². The van der Waals surface area contributed by atoms with Gasteiger partial charge in [0.25, 0.3) is 0 Å². The lowest BCUT2D eigenvalue weighted by Gasteiger charge is -2.29. The first kappa shape index (κ1) is 13.9. The van der Waals surface area contributed by atoms with Crippen molar-refractivity contribution >= 4 is 10.0 Å². The maximum atomic E-state index is 12.3. The van der Waals surface area contributed by atoms with Gasteiger partial charge in [0.15, 0.2) is 0 Å². The molecule has 96 valence electrons. The fraction of sp³-hybridized carbons (Fsp3) is 1.00. The minimum absolute atomic E-state index is 0.153. The van der Waals surface area contributed by atoms with E-state index < -0.39 is 10.0 Å². The van der Waals surface area contributed by atoms with Gasteiger partial charge in [-0.15, -0.1) is 0 Å². The van der Waals surface area contributed by atoms with Gasteiger partial charge in [-0.05, 0) is 19.3 Å². The number of hydrogen-bond donors (Lipinski definition) is 1. The Balaban J connectivity index is 2.70. The lowest BCUT2D eigenvalue weighted by Crippen LogP contribution is -2.42. The Kier molecular flexibility index (Phi) is 5.72. The third-order valence-electron chi connectivity index (χ3n) is 3.18. The van der Waals surface area contributed by atoms with Crippen molar-refractivity contribution in [2.75, 3.05) is 19.6 Å². The van der Waals surface area contributed by atoms with Gasteiger partial charge in [0.05, 0.1) is 5.25 Å². The van der Waals surface area contributed by atoms with Gasteiger partial charge in [0.1, 0.15) is 0 Å². The van der Waals surface area contributed by atoms with E-state index in [0.29, 0.717) is 19.6 Å². The summed E-state index contributed by atoms with van der Waals surface area (Å²) in [6.45, 7) is 3.48. The van der Waals surface area contributed by atoms with Crippen LogP contribution in [0.1, 0.15) is 45.4 Å². The highest BCUT2D eigenvalue weighted by Gasteiger charge is 2.31. The zero-order valence-corrected chi connectivity index (χ0v) is 11.0. The Morgan fingerprint density at radius 3 is 2.31 bits per heavy atom. The van der Waals surface area contributed by atoms with Crippen molar-refractivity contribution in [3.05, 3.63) is 0 Å². The molecule has 5 heteroatoms. The van der Waals surface area contributed by atoms with Gasteiger partial charge in [0, 0.05) is 19.6 Å². The molecule has 1 aliphatic carbocycles. The van der Waals surface area contributed by atoms with Crippen LogP contribution >= 0.6 is 0 Å². The summed E-state index contributed by atoms with van der Waals surface area (Å²) < 4.78 is 26.3. The molecule has 2 N–H and O–H groups in total. The van der Waals surface area contributed by atoms with E-state index in [4.69, 9.17) is 5.73 Å². The lowest BCUT2D eigenvalue weighted by atomic mass is 10.0. The summed E-state index contributed by atoms with van der Waals surface area (Å²) in [6, 6.07) is 0. The molecule has 0 unspecified atom stereocenters. The summed E-state index contributed by atoms with van der Waals surface area (Å²) in [6.07, 6.45) is 5.78. The highest BCUT2D eigenvalue weighted by atomic mass is 32.2. The van der Waals surface area contributed by atoms with E-state index in [1.165, 1.54) is 6.42 Å². The van der Waals surface area contributed by atoms with Crippen molar-refractivity contribution in [1.29, 1.82) is 0 Å². The summed E-state index contributed by atoms with van der Waals surface area (Å²) in [5, 5.41) is -0.153. The molecule has 0 bridgehead atoms. The van der Waals surface area contributed by atoms with Gasteiger partial charge < -0.3 is 5.73 Å². The zero-order chi connectivity index (χ0) is 12.0. The van der Waals surface area contributed by atoms with Crippen LogP contribution in [-0.2, 0) is 10.0 Å². The van der Waals surface area contributed by atoms with Crippen LogP contribution in [0.3, 0.4) is 0 Å². The van der Waals surface area contributed by atoms with Crippen LogP contribution < -0.4 is 5.73 Å². The zero-order valence-electron chi connectivity index (χ0n) is 10.2. The minimum atomic E-state index is -3.10. The quantitative estimate of drug-likeness (QED) is 0.771. The van der Waals surface area contributed by atoms with Gasteiger partial charge in [-0.3, -0.25) is 0 Å². The van der Waals surface area contributed by atoms with E-state index in [0.717, 1.165) is 32.1 Å². The Morgan fingerprint density at radius 1 is 1.19 bits per heavy atom. The van der Waals surface area contributed by atoms with Crippen molar-refractivity contribution in [1.82, 2.24) is 4.31 Å². The van der Waals surface area contributed by atoms with E-state index in [9.17, 15) is 8.42 Å². The topological polar surface area (TPSA) is 63.4 Å². The second-order valence-corrected chi connectivity index (χ2v) is 6.71. The molecule has 0 radical (unpaired) electrons. The maximum absolute atomic E-state index is 12.3. The molecule has 0 aliphatic heterocycles. The van der Waals surface area contributed by atoms with Crippen LogP contribution in [0.15, 0.2) is 0 Å². The fourth-order valence-corrected chi connectivity index (χ4v) is 4.48. The molecule has 1 rings (SSSR count).